The Morgan fingerprint density at radius 1 is 1.59 bits per heavy atom. The minimum absolute atomic E-state index is 0.0223. The Balaban J connectivity index is 2.05. The summed E-state index contributed by atoms with van der Waals surface area (Å²) < 4.78 is 43.4. The zero-order chi connectivity index (χ0) is 16.2. The maximum atomic E-state index is 12.3. The van der Waals surface area contributed by atoms with Crippen LogP contribution in [-0.2, 0) is 10.0 Å². The third-order valence-electron chi connectivity index (χ3n) is 3.30. The molecule has 0 aromatic carbocycles. The fourth-order valence-electron chi connectivity index (χ4n) is 1.98. The minimum atomic E-state index is -3.67. The van der Waals surface area contributed by atoms with Gasteiger partial charge in [0.25, 0.3) is 0 Å². The number of ether oxygens (including phenoxy) is 1. The molecule has 2 heterocycles. The molecule has 1 aromatic rings. The molecule has 122 valence electrons. The molecule has 1 aliphatic heterocycles. The quantitative estimate of drug-likeness (QED) is 0.762. The summed E-state index contributed by atoms with van der Waals surface area (Å²) in [7, 11) is -3.67. The summed E-state index contributed by atoms with van der Waals surface area (Å²) in [6, 6.07) is 2.76. The Morgan fingerprint density at radius 3 is 2.86 bits per heavy atom. The molecule has 0 spiro atoms. The molecule has 0 bridgehead atoms. The highest BCUT2D eigenvalue weighted by atomic mass is 32.2. The van der Waals surface area contributed by atoms with Crippen molar-refractivity contribution in [2.75, 3.05) is 26.2 Å². The van der Waals surface area contributed by atoms with Gasteiger partial charge in [-0.3, -0.25) is 0 Å². The van der Waals surface area contributed by atoms with Crippen LogP contribution in [0.15, 0.2) is 35.1 Å². The molecular formula is C13H18FN3O4S. The minimum Gasteiger partial charge on any atom is -0.473 e. The van der Waals surface area contributed by atoms with Crippen LogP contribution in [0.1, 0.15) is 6.42 Å². The first-order valence-electron chi connectivity index (χ1n) is 6.72. The highest BCUT2D eigenvalue weighted by Gasteiger charge is 2.31. The number of sulfonamides is 1. The number of aliphatic hydroxyl groups is 1. The van der Waals surface area contributed by atoms with Gasteiger partial charge < -0.3 is 15.6 Å². The van der Waals surface area contributed by atoms with Gasteiger partial charge in [-0.05, 0) is 12.5 Å². The van der Waals surface area contributed by atoms with Crippen molar-refractivity contribution in [1.82, 2.24) is 9.29 Å². The molecule has 9 heteroatoms. The molecule has 1 atom stereocenters. The average molecular weight is 331 g/mol. The van der Waals surface area contributed by atoms with E-state index in [1.54, 1.807) is 0 Å². The van der Waals surface area contributed by atoms with Gasteiger partial charge in [0.05, 0.1) is 18.6 Å². The van der Waals surface area contributed by atoms with Crippen LogP contribution < -0.4 is 10.5 Å². The molecule has 3 N–H and O–H groups in total. The number of nitrogens with two attached hydrogens (primary N) is 1. The van der Waals surface area contributed by atoms with E-state index in [1.807, 2.05) is 0 Å². The number of nitrogens with zero attached hydrogens (tertiary/aromatic N) is 2. The molecule has 1 saturated heterocycles. The Hall–Kier alpha value is -1.55. The Labute approximate surface area is 128 Å². The van der Waals surface area contributed by atoms with E-state index in [9.17, 15) is 17.9 Å². The molecule has 22 heavy (non-hydrogen) atoms. The number of β-amino-alcohol motifs (C(OH)–C–C–N with tert-alkyl or cyclic N) is 1. The van der Waals surface area contributed by atoms with Gasteiger partial charge in [-0.1, -0.05) is 0 Å². The monoisotopic (exact) mass is 331 g/mol. The van der Waals surface area contributed by atoms with Gasteiger partial charge in [-0.2, -0.15) is 4.31 Å². The Morgan fingerprint density at radius 2 is 2.36 bits per heavy atom. The molecule has 0 amide bonds. The molecule has 0 radical (unpaired) electrons. The maximum Gasteiger partial charge on any atom is 0.244 e. The molecule has 7 nitrogen and oxygen atoms in total. The zero-order valence-corrected chi connectivity index (χ0v) is 12.7. The second-order valence-corrected chi connectivity index (χ2v) is 6.84. The number of aromatic nitrogens is 1. The smallest absolute Gasteiger partial charge is 0.244 e. The van der Waals surface area contributed by atoms with Gasteiger partial charge >= 0.3 is 0 Å². The summed E-state index contributed by atoms with van der Waals surface area (Å²) in [5.41, 5.74) is 5.56. The van der Waals surface area contributed by atoms with Crippen LogP contribution in [-0.4, -0.2) is 55.2 Å². The van der Waals surface area contributed by atoms with Crippen LogP contribution in [0, 0.1) is 0 Å². The first kappa shape index (κ1) is 16.8. The maximum absolute atomic E-state index is 12.3. The van der Waals surface area contributed by atoms with Gasteiger partial charge in [-0.25, -0.2) is 17.8 Å². The Kier molecular flexibility index (Phi) is 5.46. The summed E-state index contributed by atoms with van der Waals surface area (Å²) >= 11 is 0. The van der Waals surface area contributed by atoms with Crippen molar-refractivity contribution < 1.29 is 22.7 Å². The van der Waals surface area contributed by atoms with Crippen molar-refractivity contribution >= 4 is 10.0 Å². The summed E-state index contributed by atoms with van der Waals surface area (Å²) in [4.78, 5) is 3.92. The van der Waals surface area contributed by atoms with Crippen molar-refractivity contribution in [3.63, 3.8) is 0 Å². The second kappa shape index (κ2) is 7.14. The van der Waals surface area contributed by atoms with Crippen LogP contribution in [0.4, 0.5) is 4.39 Å². The number of halogens is 1. The topological polar surface area (TPSA) is 106 Å². The van der Waals surface area contributed by atoms with Crippen molar-refractivity contribution in [3.05, 3.63) is 30.2 Å². The van der Waals surface area contributed by atoms with Crippen molar-refractivity contribution in [2.45, 2.75) is 17.4 Å². The lowest BCUT2D eigenvalue weighted by Gasteiger charge is -2.15. The van der Waals surface area contributed by atoms with Crippen molar-refractivity contribution in [3.8, 4) is 5.88 Å². The van der Waals surface area contributed by atoms with E-state index in [1.165, 1.54) is 22.6 Å². The highest BCUT2D eigenvalue weighted by molar-refractivity contribution is 7.89. The van der Waals surface area contributed by atoms with Gasteiger partial charge in [0.2, 0.25) is 15.9 Å². The van der Waals surface area contributed by atoms with Gasteiger partial charge in [0.1, 0.15) is 11.5 Å². The van der Waals surface area contributed by atoms with Gasteiger partial charge in [0, 0.05) is 31.3 Å². The predicted molar refractivity (Wildman–Crippen MR) is 77.4 cm³/mol. The molecular weight excluding hydrogens is 313 g/mol. The molecule has 1 fully saturated rings. The lowest BCUT2D eigenvalue weighted by atomic mass is 10.3. The average Bonchev–Trinajstić information content (AvgIpc) is 2.96. The van der Waals surface area contributed by atoms with Crippen LogP contribution in [0.2, 0.25) is 0 Å². The first-order valence-corrected chi connectivity index (χ1v) is 8.16. The van der Waals surface area contributed by atoms with E-state index < -0.39 is 16.1 Å². The van der Waals surface area contributed by atoms with Crippen LogP contribution in [0.5, 0.6) is 5.88 Å². The lowest BCUT2D eigenvalue weighted by molar-refractivity contribution is 0.189. The summed E-state index contributed by atoms with van der Waals surface area (Å²) in [5, 5.41) is 9.43. The number of hydrogen-bond acceptors (Lipinski definition) is 6. The molecule has 0 saturated carbocycles. The van der Waals surface area contributed by atoms with Crippen LogP contribution >= 0.6 is 0 Å². The molecule has 0 aliphatic carbocycles. The molecule has 2 rings (SSSR count). The van der Waals surface area contributed by atoms with E-state index in [0.717, 1.165) is 0 Å². The van der Waals surface area contributed by atoms with Crippen molar-refractivity contribution in [2.24, 2.45) is 5.73 Å². The van der Waals surface area contributed by atoms with E-state index in [2.05, 4.69) is 4.98 Å². The summed E-state index contributed by atoms with van der Waals surface area (Å²) in [6.45, 7) is 0.343. The first-order chi connectivity index (χ1) is 10.5. The highest BCUT2D eigenvalue weighted by Crippen LogP contribution is 2.21. The fourth-order valence-corrected chi connectivity index (χ4v) is 3.42. The summed E-state index contributed by atoms with van der Waals surface area (Å²) in [5.74, 6) is 0.174. The number of aliphatic hydroxyl groups excluding tert-OH is 1. The second-order valence-electron chi connectivity index (χ2n) is 4.90. The Bertz CT molecular complexity index is 633. The number of pyridine rings is 1. The molecule has 1 aromatic heterocycles. The largest absolute Gasteiger partial charge is 0.473 e. The van der Waals surface area contributed by atoms with E-state index >= 15 is 0 Å². The molecule has 0 unspecified atom stereocenters. The predicted octanol–water partition coefficient (Wildman–Crippen LogP) is 0.0278. The normalized spacial score (nSPS) is 20.3. The van der Waals surface area contributed by atoms with Gasteiger partial charge in [0.15, 0.2) is 0 Å². The SMILES string of the molecule is NC/C(=C\F)COc1ccc(S(=O)(=O)N2CC[C@@H](O)C2)cn1. The van der Waals surface area contributed by atoms with Crippen molar-refractivity contribution in [1.29, 1.82) is 0 Å². The number of rotatable bonds is 6. The fraction of sp³-hybridized carbons (Fsp3) is 0.462. The van der Waals surface area contributed by atoms with Crippen LogP contribution in [0.25, 0.3) is 0 Å². The lowest BCUT2D eigenvalue weighted by Crippen LogP contribution is -2.29. The van der Waals surface area contributed by atoms with E-state index in [4.69, 9.17) is 10.5 Å². The molecule has 1 aliphatic rings. The third kappa shape index (κ3) is 3.80. The van der Waals surface area contributed by atoms with E-state index in [0.29, 0.717) is 12.8 Å². The number of hydrogen-bond donors (Lipinski definition) is 2. The van der Waals surface area contributed by atoms with E-state index in [-0.39, 0.29) is 42.6 Å². The third-order valence-corrected chi connectivity index (χ3v) is 5.14. The zero-order valence-electron chi connectivity index (χ0n) is 11.9. The van der Waals surface area contributed by atoms with Crippen LogP contribution in [0.3, 0.4) is 0 Å². The standard InChI is InChI=1S/C13H18FN3O4S/c14-5-10(6-15)9-21-13-2-1-12(7-16-13)22(19,20)17-4-3-11(18)8-17/h1-2,5,7,11,18H,3-4,6,8-9,15H2/b10-5+/t11-/m1/s1. The van der Waals surface area contributed by atoms with Gasteiger partial charge in [-0.15, -0.1) is 0 Å². The summed E-state index contributed by atoms with van der Waals surface area (Å²) in [6.07, 6.45) is 1.34.